The fourth-order valence-corrected chi connectivity index (χ4v) is 3.48. The van der Waals surface area contributed by atoms with Gasteiger partial charge in [-0.05, 0) is 12.1 Å². The Morgan fingerprint density at radius 2 is 1.31 bits per heavy atom. The lowest BCUT2D eigenvalue weighted by molar-refractivity contribution is -0.288. The zero-order valence-corrected chi connectivity index (χ0v) is 20.6. The molecule has 0 saturated carbocycles. The third kappa shape index (κ3) is 7.31. The molecule has 0 aliphatic carbocycles. The molecule has 0 spiro atoms. The maximum absolute atomic E-state index is 12.0. The molecule has 0 bridgehead atoms. The molecule has 0 aromatic heterocycles. The largest absolute Gasteiger partial charge is 0.493 e. The summed E-state index contributed by atoms with van der Waals surface area (Å²) in [6.07, 6.45) is -6.34. The summed E-state index contributed by atoms with van der Waals surface area (Å²) in [7, 11) is 2.65. The van der Waals surface area contributed by atoms with Crippen LogP contribution in [0.25, 0.3) is 0 Å². The Hall–Kier alpha value is -3.87. The van der Waals surface area contributed by atoms with Gasteiger partial charge in [0.15, 0.2) is 23.7 Å². The van der Waals surface area contributed by atoms with E-state index in [1.165, 1.54) is 26.4 Å². The lowest BCUT2D eigenvalue weighted by Gasteiger charge is -2.44. The first kappa shape index (κ1) is 28.4. The highest BCUT2D eigenvalue weighted by Crippen LogP contribution is 2.41. The van der Waals surface area contributed by atoms with E-state index in [0.29, 0.717) is 6.29 Å². The molecule has 1 aromatic carbocycles. The lowest BCUT2D eigenvalue weighted by atomic mass is 9.98. The molecule has 1 aliphatic heterocycles. The Bertz CT molecular complexity index is 963. The normalized spacial score (nSPS) is 23.0. The molecular formula is C23H28O13. The molecule has 1 heterocycles. The van der Waals surface area contributed by atoms with Gasteiger partial charge in [-0.3, -0.25) is 24.0 Å². The Kier molecular flexibility index (Phi) is 10.0. The number of rotatable bonds is 10. The first-order chi connectivity index (χ1) is 17.0. The maximum Gasteiger partial charge on any atom is 0.303 e. The Balaban J connectivity index is 2.60. The average molecular weight is 512 g/mol. The highest BCUT2D eigenvalue weighted by molar-refractivity contribution is 5.78. The second kappa shape index (κ2) is 12.7. The average Bonchev–Trinajstić information content (AvgIpc) is 2.80. The number of hydrogen-bond donors (Lipinski definition) is 0. The molecule has 1 aliphatic rings. The minimum Gasteiger partial charge on any atom is -0.493 e. The summed E-state index contributed by atoms with van der Waals surface area (Å²) in [5.74, 6) is -2.88. The summed E-state index contributed by atoms with van der Waals surface area (Å²) >= 11 is 0. The van der Waals surface area contributed by atoms with Gasteiger partial charge in [0.1, 0.15) is 19.0 Å². The van der Waals surface area contributed by atoms with E-state index >= 15 is 0 Å². The Morgan fingerprint density at radius 3 is 1.75 bits per heavy atom. The summed E-state index contributed by atoms with van der Waals surface area (Å²) in [5, 5.41) is 0. The van der Waals surface area contributed by atoms with Crippen molar-refractivity contribution in [2.24, 2.45) is 0 Å². The Morgan fingerprint density at radius 1 is 0.806 bits per heavy atom. The molecule has 0 amide bonds. The molecule has 5 atom stereocenters. The fraction of sp³-hybridized carbons (Fsp3) is 0.522. The smallest absolute Gasteiger partial charge is 0.303 e. The number of esters is 4. The summed E-state index contributed by atoms with van der Waals surface area (Å²) in [4.78, 5) is 58.5. The van der Waals surface area contributed by atoms with Crippen LogP contribution in [0.5, 0.6) is 17.2 Å². The van der Waals surface area contributed by atoms with Crippen LogP contribution in [0.2, 0.25) is 0 Å². The van der Waals surface area contributed by atoms with Crippen molar-refractivity contribution < 1.29 is 61.9 Å². The van der Waals surface area contributed by atoms with Crippen LogP contribution >= 0.6 is 0 Å². The zero-order valence-electron chi connectivity index (χ0n) is 20.6. The van der Waals surface area contributed by atoms with Crippen LogP contribution < -0.4 is 14.2 Å². The summed E-state index contributed by atoms with van der Waals surface area (Å²) < 4.78 is 43.6. The van der Waals surface area contributed by atoms with Gasteiger partial charge in [0.05, 0.1) is 14.2 Å². The van der Waals surface area contributed by atoms with Gasteiger partial charge in [-0.1, -0.05) is 0 Å². The van der Waals surface area contributed by atoms with Crippen molar-refractivity contribution in [3.63, 3.8) is 0 Å². The molecule has 1 aromatic rings. The van der Waals surface area contributed by atoms with E-state index in [0.717, 1.165) is 27.7 Å². The summed E-state index contributed by atoms with van der Waals surface area (Å²) in [5.41, 5.74) is 0.220. The van der Waals surface area contributed by atoms with E-state index in [2.05, 4.69) is 0 Å². The molecule has 13 nitrogen and oxygen atoms in total. The van der Waals surface area contributed by atoms with Crippen LogP contribution in [0.15, 0.2) is 12.1 Å². The first-order valence-corrected chi connectivity index (χ1v) is 10.7. The van der Waals surface area contributed by atoms with Crippen molar-refractivity contribution in [2.75, 3.05) is 20.8 Å². The summed E-state index contributed by atoms with van der Waals surface area (Å²) in [6, 6.07) is 2.74. The van der Waals surface area contributed by atoms with Crippen molar-refractivity contribution in [2.45, 2.75) is 58.4 Å². The van der Waals surface area contributed by atoms with E-state index in [1.807, 2.05) is 0 Å². The minimum atomic E-state index is -1.50. The lowest BCUT2D eigenvalue weighted by Crippen LogP contribution is -2.63. The van der Waals surface area contributed by atoms with Gasteiger partial charge in [-0.2, -0.15) is 0 Å². The molecule has 1 saturated heterocycles. The van der Waals surface area contributed by atoms with E-state index in [1.54, 1.807) is 0 Å². The highest BCUT2D eigenvalue weighted by Gasteiger charge is 2.53. The Labute approximate surface area is 206 Å². The van der Waals surface area contributed by atoms with Crippen LogP contribution in [-0.2, 0) is 42.9 Å². The van der Waals surface area contributed by atoms with Crippen molar-refractivity contribution in [1.82, 2.24) is 0 Å². The van der Waals surface area contributed by atoms with Gasteiger partial charge in [-0.15, -0.1) is 0 Å². The standard InChI is InChI=1S/C23H28O13/c1-11(25)31-10-18-20(32-12(2)26)21(33-13(3)27)22(34-14(4)28)23(35-18)36-19-16(29-5)7-15(9-24)8-17(19)30-6/h7-9,18,20-23H,10H2,1-6H3/t18-,20+,21+,22-,23+/m1/s1. The third-order valence-corrected chi connectivity index (χ3v) is 4.80. The van der Waals surface area contributed by atoms with E-state index in [4.69, 9.17) is 37.9 Å². The summed E-state index contributed by atoms with van der Waals surface area (Å²) in [6.45, 7) is 4.06. The van der Waals surface area contributed by atoms with Crippen LogP contribution in [-0.4, -0.2) is 81.7 Å². The van der Waals surface area contributed by atoms with Crippen LogP contribution in [0.3, 0.4) is 0 Å². The molecule has 1 fully saturated rings. The molecule has 198 valence electrons. The van der Waals surface area contributed by atoms with Crippen molar-refractivity contribution in [3.05, 3.63) is 17.7 Å². The number of ether oxygens (including phenoxy) is 8. The number of methoxy groups -OCH3 is 2. The molecule has 0 N–H and O–H groups in total. The molecule has 36 heavy (non-hydrogen) atoms. The van der Waals surface area contributed by atoms with Crippen molar-refractivity contribution in [3.8, 4) is 17.2 Å². The SMILES string of the molecule is COc1cc(C=O)cc(OC)c1O[C@@H]1O[C@H](COC(C)=O)[C@H](OC(C)=O)[C@H](OC(C)=O)[C@H]1OC(C)=O. The van der Waals surface area contributed by atoms with Crippen LogP contribution in [0.4, 0.5) is 0 Å². The minimum absolute atomic E-state index is 0.0356. The number of hydrogen-bond acceptors (Lipinski definition) is 13. The zero-order chi connectivity index (χ0) is 27.0. The van der Waals surface area contributed by atoms with Gasteiger partial charge in [0.25, 0.3) is 0 Å². The second-order valence-corrected chi connectivity index (χ2v) is 7.56. The van der Waals surface area contributed by atoms with Crippen LogP contribution in [0, 0.1) is 0 Å². The van der Waals surface area contributed by atoms with Gasteiger partial charge in [0, 0.05) is 33.3 Å². The molecule has 2 rings (SSSR count). The predicted octanol–water partition coefficient (Wildman–Crippen LogP) is 0.978. The predicted molar refractivity (Wildman–Crippen MR) is 118 cm³/mol. The third-order valence-electron chi connectivity index (χ3n) is 4.80. The quantitative estimate of drug-likeness (QED) is 0.248. The van der Waals surface area contributed by atoms with E-state index in [9.17, 15) is 24.0 Å². The van der Waals surface area contributed by atoms with Crippen molar-refractivity contribution >= 4 is 30.2 Å². The molecule has 0 unspecified atom stereocenters. The highest BCUT2D eigenvalue weighted by atomic mass is 16.7. The fourth-order valence-electron chi connectivity index (χ4n) is 3.48. The number of carbonyl (C=O) groups is 5. The molecule has 0 radical (unpaired) electrons. The first-order valence-electron chi connectivity index (χ1n) is 10.7. The maximum atomic E-state index is 12.0. The van der Waals surface area contributed by atoms with Crippen LogP contribution in [0.1, 0.15) is 38.1 Å². The molecular weight excluding hydrogens is 484 g/mol. The number of benzene rings is 1. The van der Waals surface area contributed by atoms with E-state index in [-0.39, 0.29) is 22.8 Å². The second-order valence-electron chi connectivity index (χ2n) is 7.56. The van der Waals surface area contributed by atoms with Gasteiger partial charge < -0.3 is 37.9 Å². The van der Waals surface area contributed by atoms with Gasteiger partial charge >= 0.3 is 23.9 Å². The number of carbonyl (C=O) groups excluding carboxylic acids is 5. The van der Waals surface area contributed by atoms with E-state index < -0.39 is 61.2 Å². The van der Waals surface area contributed by atoms with Gasteiger partial charge in [0.2, 0.25) is 18.1 Å². The number of aldehydes is 1. The molecule has 13 heteroatoms. The van der Waals surface area contributed by atoms with Crippen molar-refractivity contribution in [1.29, 1.82) is 0 Å². The topological polar surface area (TPSA) is 159 Å². The monoisotopic (exact) mass is 512 g/mol. The van der Waals surface area contributed by atoms with Gasteiger partial charge in [-0.25, -0.2) is 0 Å².